The molecular weight excluding hydrogens is 212 g/mol. The predicted octanol–water partition coefficient (Wildman–Crippen LogP) is 2.79. The summed E-state index contributed by atoms with van der Waals surface area (Å²) in [5.74, 6) is 2.86. The number of furan rings is 1. The molecule has 3 heteroatoms. The minimum Gasteiger partial charge on any atom is -0.465 e. The zero-order valence-electron chi connectivity index (χ0n) is 11.8. The number of rotatable bonds is 7. The van der Waals surface area contributed by atoms with Crippen LogP contribution < -0.4 is 5.32 Å². The van der Waals surface area contributed by atoms with Crippen LogP contribution in [0.15, 0.2) is 10.5 Å². The van der Waals surface area contributed by atoms with E-state index >= 15 is 0 Å². The Balaban J connectivity index is 2.47. The molecule has 0 aliphatic heterocycles. The first-order valence-corrected chi connectivity index (χ1v) is 6.44. The minimum absolute atomic E-state index is 0.760. The maximum atomic E-state index is 5.76. The molecule has 1 aromatic rings. The lowest BCUT2D eigenvalue weighted by Gasteiger charge is -2.16. The molecule has 0 unspecified atom stereocenters. The third-order valence-electron chi connectivity index (χ3n) is 2.95. The summed E-state index contributed by atoms with van der Waals surface area (Å²) >= 11 is 0. The van der Waals surface area contributed by atoms with Crippen LogP contribution in [0, 0.1) is 12.8 Å². The van der Waals surface area contributed by atoms with Crippen LogP contribution in [0.1, 0.15) is 37.4 Å². The van der Waals surface area contributed by atoms with Gasteiger partial charge in [0.1, 0.15) is 11.5 Å². The van der Waals surface area contributed by atoms with Crippen LogP contribution in [0.2, 0.25) is 0 Å². The molecule has 98 valence electrons. The molecular formula is C14H26N2O. The minimum atomic E-state index is 0.760. The van der Waals surface area contributed by atoms with E-state index in [9.17, 15) is 0 Å². The van der Waals surface area contributed by atoms with Crippen LogP contribution >= 0.6 is 0 Å². The van der Waals surface area contributed by atoms with Crippen molar-refractivity contribution >= 4 is 0 Å². The summed E-state index contributed by atoms with van der Waals surface area (Å²) in [6, 6.07) is 2.16. The van der Waals surface area contributed by atoms with Crippen molar-refractivity contribution in [3.05, 3.63) is 23.2 Å². The maximum Gasteiger partial charge on any atom is 0.118 e. The second-order valence-corrected chi connectivity index (χ2v) is 5.24. The van der Waals surface area contributed by atoms with Crippen LogP contribution in [-0.4, -0.2) is 25.5 Å². The molecule has 3 nitrogen and oxygen atoms in total. The van der Waals surface area contributed by atoms with Gasteiger partial charge < -0.3 is 9.73 Å². The second-order valence-electron chi connectivity index (χ2n) is 5.24. The Morgan fingerprint density at radius 2 is 2.12 bits per heavy atom. The number of hydrogen-bond acceptors (Lipinski definition) is 3. The van der Waals surface area contributed by atoms with Crippen molar-refractivity contribution in [1.29, 1.82) is 0 Å². The number of aryl methyl sites for hydroxylation is 1. The highest BCUT2D eigenvalue weighted by atomic mass is 16.3. The van der Waals surface area contributed by atoms with Crippen molar-refractivity contribution in [2.24, 2.45) is 5.92 Å². The van der Waals surface area contributed by atoms with Gasteiger partial charge in [-0.25, -0.2) is 0 Å². The van der Waals surface area contributed by atoms with Gasteiger partial charge in [0.15, 0.2) is 0 Å². The van der Waals surface area contributed by atoms with E-state index < -0.39 is 0 Å². The van der Waals surface area contributed by atoms with Crippen LogP contribution in [0.4, 0.5) is 0 Å². The van der Waals surface area contributed by atoms with E-state index in [2.05, 4.69) is 37.2 Å². The Labute approximate surface area is 105 Å². The molecule has 1 rings (SSSR count). The van der Waals surface area contributed by atoms with E-state index in [1.54, 1.807) is 0 Å². The molecule has 0 radical (unpaired) electrons. The van der Waals surface area contributed by atoms with Gasteiger partial charge in [0.2, 0.25) is 0 Å². The molecule has 1 aromatic heterocycles. The summed E-state index contributed by atoms with van der Waals surface area (Å²) in [5.41, 5.74) is 1.26. The fraction of sp³-hybridized carbons (Fsp3) is 0.714. The molecule has 0 saturated carbocycles. The highest BCUT2D eigenvalue weighted by Gasteiger charge is 2.09. The Bertz CT molecular complexity index is 331. The predicted molar refractivity (Wildman–Crippen MR) is 72.0 cm³/mol. The molecule has 0 aliphatic rings. The van der Waals surface area contributed by atoms with Gasteiger partial charge >= 0.3 is 0 Å². The molecule has 0 fully saturated rings. The Morgan fingerprint density at radius 3 is 2.71 bits per heavy atom. The normalized spacial score (nSPS) is 11.7. The first kappa shape index (κ1) is 14.3. The van der Waals surface area contributed by atoms with Gasteiger partial charge in [0.25, 0.3) is 0 Å². The van der Waals surface area contributed by atoms with E-state index in [0.717, 1.165) is 37.1 Å². The summed E-state index contributed by atoms with van der Waals surface area (Å²) in [6.45, 7) is 9.46. The molecule has 0 spiro atoms. The van der Waals surface area contributed by atoms with Crippen molar-refractivity contribution in [1.82, 2.24) is 10.2 Å². The molecule has 0 bridgehead atoms. The quantitative estimate of drug-likeness (QED) is 0.792. The van der Waals surface area contributed by atoms with Crippen LogP contribution in [0.3, 0.4) is 0 Å². The van der Waals surface area contributed by atoms with Crippen molar-refractivity contribution in [3.8, 4) is 0 Å². The summed E-state index contributed by atoms with van der Waals surface area (Å²) in [5, 5.41) is 3.16. The third-order valence-corrected chi connectivity index (χ3v) is 2.95. The fourth-order valence-electron chi connectivity index (χ4n) is 1.86. The first-order valence-electron chi connectivity index (χ1n) is 6.44. The SMILES string of the molecule is CNCc1cc(CN(C)CCC(C)C)oc1C. The molecule has 0 aromatic carbocycles. The summed E-state index contributed by atoms with van der Waals surface area (Å²) < 4.78 is 5.76. The van der Waals surface area contributed by atoms with Crippen molar-refractivity contribution in [3.63, 3.8) is 0 Å². The molecule has 1 heterocycles. The van der Waals surface area contributed by atoms with Crippen LogP contribution in [-0.2, 0) is 13.1 Å². The molecule has 0 atom stereocenters. The lowest BCUT2D eigenvalue weighted by atomic mass is 10.1. The molecule has 0 amide bonds. The van der Waals surface area contributed by atoms with Gasteiger partial charge in [-0.1, -0.05) is 13.8 Å². The lowest BCUT2D eigenvalue weighted by molar-refractivity contribution is 0.276. The van der Waals surface area contributed by atoms with Crippen molar-refractivity contribution in [2.75, 3.05) is 20.6 Å². The first-order chi connectivity index (χ1) is 8.02. The Hall–Kier alpha value is -0.800. The fourth-order valence-corrected chi connectivity index (χ4v) is 1.86. The van der Waals surface area contributed by atoms with Gasteiger partial charge in [-0.2, -0.15) is 0 Å². The number of nitrogens with zero attached hydrogens (tertiary/aromatic N) is 1. The van der Waals surface area contributed by atoms with Gasteiger partial charge in [0.05, 0.1) is 6.54 Å². The smallest absolute Gasteiger partial charge is 0.118 e. The number of hydrogen-bond donors (Lipinski definition) is 1. The van der Waals surface area contributed by atoms with Crippen LogP contribution in [0.25, 0.3) is 0 Å². The third kappa shape index (κ3) is 4.92. The highest BCUT2D eigenvalue weighted by molar-refractivity contribution is 5.20. The standard InChI is InChI=1S/C14H26N2O/c1-11(2)6-7-16(5)10-14-8-13(9-15-4)12(3)17-14/h8,11,15H,6-7,9-10H2,1-5H3. The lowest BCUT2D eigenvalue weighted by Crippen LogP contribution is -2.20. The average Bonchev–Trinajstić information content (AvgIpc) is 2.57. The summed E-state index contributed by atoms with van der Waals surface area (Å²) in [7, 11) is 4.11. The van der Waals surface area contributed by atoms with Crippen LogP contribution in [0.5, 0.6) is 0 Å². The molecule has 0 aliphatic carbocycles. The zero-order chi connectivity index (χ0) is 12.8. The summed E-state index contributed by atoms with van der Waals surface area (Å²) in [6.07, 6.45) is 1.24. The van der Waals surface area contributed by atoms with Gasteiger partial charge in [-0.15, -0.1) is 0 Å². The summed E-state index contributed by atoms with van der Waals surface area (Å²) in [4.78, 5) is 2.32. The average molecular weight is 238 g/mol. The highest BCUT2D eigenvalue weighted by Crippen LogP contribution is 2.16. The second kappa shape index (κ2) is 6.82. The van der Waals surface area contributed by atoms with Crippen molar-refractivity contribution in [2.45, 2.75) is 40.3 Å². The van der Waals surface area contributed by atoms with Gasteiger partial charge in [-0.05, 0) is 46.0 Å². The van der Waals surface area contributed by atoms with E-state index in [-0.39, 0.29) is 0 Å². The van der Waals surface area contributed by atoms with E-state index in [1.807, 2.05) is 14.0 Å². The van der Waals surface area contributed by atoms with Gasteiger partial charge in [0, 0.05) is 12.1 Å². The topological polar surface area (TPSA) is 28.4 Å². The monoisotopic (exact) mass is 238 g/mol. The van der Waals surface area contributed by atoms with E-state index in [4.69, 9.17) is 4.42 Å². The Morgan fingerprint density at radius 1 is 1.41 bits per heavy atom. The van der Waals surface area contributed by atoms with Gasteiger partial charge in [-0.3, -0.25) is 4.90 Å². The number of nitrogens with one attached hydrogen (secondary N) is 1. The Kier molecular flexibility index (Phi) is 5.72. The van der Waals surface area contributed by atoms with E-state index in [1.165, 1.54) is 12.0 Å². The largest absolute Gasteiger partial charge is 0.465 e. The maximum absolute atomic E-state index is 5.76. The molecule has 17 heavy (non-hydrogen) atoms. The van der Waals surface area contributed by atoms with Crippen molar-refractivity contribution < 1.29 is 4.42 Å². The molecule has 0 saturated heterocycles. The molecule has 1 N–H and O–H groups in total. The van der Waals surface area contributed by atoms with E-state index in [0.29, 0.717) is 0 Å². The zero-order valence-corrected chi connectivity index (χ0v) is 11.8.